The van der Waals surface area contributed by atoms with E-state index in [4.69, 9.17) is 0 Å². The zero-order valence-corrected chi connectivity index (χ0v) is 11.0. The molecule has 0 atom stereocenters. The third kappa shape index (κ3) is 6.15. The Balaban J connectivity index is 2.47. The van der Waals surface area contributed by atoms with Gasteiger partial charge in [0.25, 0.3) is 5.91 Å². The van der Waals surface area contributed by atoms with Crippen molar-refractivity contribution in [3.8, 4) is 5.75 Å². The number of amides is 1. The third-order valence-corrected chi connectivity index (χ3v) is 2.28. The van der Waals surface area contributed by atoms with Crippen LogP contribution in [0.2, 0.25) is 0 Å². The largest absolute Gasteiger partial charge is 0.435 e. The first kappa shape index (κ1) is 15.4. The third-order valence-electron chi connectivity index (χ3n) is 2.28. The van der Waals surface area contributed by atoms with Crippen molar-refractivity contribution in [1.82, 2.24) is 10.6 Å². The number of rotatable bonds is 7. The van der Waals surface area contributed by atoms with E-state index >= 15 is 0 Å². The van der Waals surface area contributed by atoms with Crippen LogP contribution in [0.4, 0.5) is 8.78 Å². The molecule has 0 unspecified atom stereocenters. The van der Waals surface area contributed by atoms with Crippen LogP contribution in [0.5, 0.6) is 5.75 Å². The fourth-order valence-electron chi connectivity index (χ4n) is 1.45. The molecule has 1 aromatic rings. The van der Waals surface area contributed by atoms with Crippen LogP contribution < -0.4 is 15.4 Å². The zero-order chi connectivity index (χ0) is 14.3. The van der Waals surface area contributed by atoms with Crippen molar-refractivity contribution in [1.29, 1.82) is 0 Å². The van der Waals surface area contributed by atoms with Gasteiger partial charge in [0.1, 0.15) is 5.75 Å². The summed E-state index contributed by atoms with van der Waals surface area (Å²) in [7, 11) is 0. The molecule has 0 aliphatic rings. The molecule has 106 valence electrons. The summed E-state index contributed by atoms with van der Waals surface area (Å²) in [5.74, 6) is -0.340. The number of carbonyl (C=O) groups is 1. The second-order valence-corrected chi connectivity index (χ2v) is 4.27. The summed E-state index contributed by atoms with van der Waals surface area (Å²) in [6.07, 6.45) is 0. The Labute approximate surface area is 111 Å². The van der Waals surface area contributed by atoms with Gasteiger partial charge in [0.2, 0.25) is 0 Å². The number of carbonyl (C=O) groups excluding carboxylic acids is 1. The molecule has 6 heteroatoms. The van der Waals surface area contributed by atoms with Crippen LogP contribution in [0.3, 0.4) is 0 Å². The number of nitrogens with one attached hydrogen (secondary N) is 2. The highest BCUT2D eigenvalue weighted by molar-refractivity contribution is 5.94. The Morgan fingerprint density at radius 1 is 1.32 bits per heavy atom. The second-order valence-electron chi connectivity index (χ2n) is 4.27. The van der Waals surface area contributed by atoms with E-state index in [0.29, 0.717) is 24.7 Å². The predicted molar refractivity (Wildman–Crippen MR) is 68.5 cm³/mol. The first-order valence-corrected chi connectivity index (χ1v) is 6.05. The minimum absolute atomic E-state index is 0.0250. The van der Waals surface area contributed by atoms with E-state index in [0.717, 1.165) is 0 Å². The molecule has 0 heterocycles. The summed E-state index contributed by atoms with van der Waals surface area (Å²) >= 11 is 0. The SMILES string of the molecule is CC(C)NCCNC(=O)c1cccc(OC(F)F)c1. The van der Waals surface area contributed by atoms with Crippen LogP contribution in [-0.2, 0) is 0 Å². The molecular formula is C13H18F2N2O2. The molecule has 1 amide bonds. The van der Waals surface area contributed by atoms with Gasteiger partial charge in [-0.15, -0.1) is 0 Å². The smallest absolute Gasteiger partial charge is 0.387 e. The van der Waals surface area contributed by atoms with Gasteiger partial charge in [-0.25, -0.2) is 0 Å². The van der Waals surface area contributed by atoms with Crippen LogP contribution in [0, 0.1) is 0 Å². The second kappa shape index (κ2) is 7.68. The molecule has 19 heavy (non-hydrogen) atoms. The van der Waals surface area contributed by atoms with E-state index in [-0.39, 0.29) is 11.7 Å². The molecule has 0 saturated carbocycles. The maximum absolute atomic E-state index is 12.0. The van der Waals surface area contributed by atoms with Crippen molar-refractivity contribution < 1.29 is 18.3 Å². The monoisotopic (exact) mass is 272 g/mol. The average molecular weight is 272 g/mol. The molecule has 0 radical (unpaired) electrons. The standard InChI is InChI=1S/C13H18F2N2O2/c1-9(2)16-6-7-17-12(18)10-4-3-5-11(8-10)19-13(14)15/h3-5,8-9,13,16H,6-7H2,1-2H3,(H,17,18). The van der Waals surface area contributed by atoms with Crippen molar-refractivity contribution in [2.24, 2.45) is 0 Å². The summed E-state index contributed by atoms with van der Waals surface area (Å²) in [5, 5.41) is 5.84. The summed E-state index contributed by atoms with van der Waals surface area (Å²) < 4.78 is 28.3. The Morgan fingerprint density at radius 2 is 2.05 bits per heavy atom. The lowest BCUT2D eigenvalue weighted by Gasteiger charge is -2.10. The van der Waals surface area contributed by atoms with Gasteiger partial charge in [0.15, 0.2) is 0 Å². The van der Waals surface area contributed by atoms with Gasteiger partial charge in [-0.1, -0.05) is 19.9 Å². The van der Waals surface area contributed by atoms with Crippen molar-refractivity contribution in [3.63, 3.8) is 0 Å². The first-order valence-electron chi connectivity index (χ1n) is 6.05. The molecule has 1 aromatic carbocycles. The quantitative estimate of drug-likeness (QED) is 0.747. The molecule has 0 bridgehead atoms. The number of hydrogen-bond acceptors (Lipinski definition) is 3. The fourth-order valence-corrected chi connectivity index (χ4v) is 1.45. The molecule has 1 rings (SSSR count). The number of ether oxygens (including phenoxy) is 1. The summed E-state index contributed by atoms with van der Waals surface area (Å²) in [4.78, 5) is 11.7. The lowest BCUT2D eigenvalue weighted by Crippen LogP contribution is -2.34. The molecule has 0 spiro atoms. The number of halogens is 2. The minimum Gasteiger partial charge on any atom is -0.435 e. The van der Waals surface area contributed by atoms with Crippen LogP contribution in [0.15, 0.2) is 24.3 Å². The van der Waals surface area contributed by atoms with Crippen LogP contribution in [0.25, 0.3) is 0 Å². The molecule has 0 aliphatic heterocycles. The first-order chi connectivity index (χ1) is 8.99. The van der Waals surface area contributed by atoms with Gasteiger partial charge >= 0.3 is 6.61 Å². The molecule has 0 saturated heterocycles. The lowest BCUT2D eigenvalue weighted by molar-refractivity contribution is -0.0498. The van der Waals surface area contributed by atoms with E-state index in [9.17, 15) is 13.6 Å². The molecule has 0 fully saturated rings. The highest BCUT2D eigenvalue weighted by atomic mass is 19.3. The molecular weight excluding hydrogens is 254 g/mol. The van der Waals surface area contributed by atoms with E-state index in [1.165, 1.54) is 18.2 Å². The van der Waals surface area contributed by atoms with E-state index in [1.807, 2.05) is 13.8 Å². The summed E-state index contributed by atoms with van der Waals surface area (Å²) in [5.41, 5.74) is 0.294. The Hall–Kier alpha value is -1.69. The van der Waals surface area contributed by atoms with Crippen molar-refractivity contribution in [2.45, 2.75) is 26.5 Å². The van der Waals surface area contributed by atoms with Gasteiger partial charge in [-0.2, -0.15) is 8.78 Å². The van der Waals surface area contributed by atoms with Crippen LogP contribution in [-0.4, -0.2) is 31.7 Å². The number of hydrogen-bond donors (Lipinski definition) is 2. The molecule has 2 N–H and O–H groups in total. The van der Waals surface area contributed by atoms with E-state index < -0.39 is 6.61 Å². The normalized spacial score (nSPS) is 10.8. The zero-order valence-electron chi connectivity index (χ0n) is 11.0. The van der Waals surface area contributed by atoms with Crippen LogP contribution in [0.1, 0.15) is 24.2 Å². The van der Waals surface area contributed by atoms with Gasteiger partial charge in [-0.05, 0) is 18.2 Å². The molecule has 0 aromatic heterocycles. The van der Waals surface area contributed by atoms with Crippen molar-refractivity contribution in [2.75, 3.05) is 13.1 Å². The maximum atomic E-state index is 12.0. The lowest BCUT2D eigenvalue weighted by atomic mass is 10.2. The van der Waals surface area contributed by atoms with Gasteiger partial charge in [-0.3, -0.25) is 4.79 Å². The fraction of sp³-hybridized carbons (Fsp3) is 0.462. The topological polar surface area (TPSA) is 50.4 Å². The highest BCUT2D eigenvalue weighted by Crippen LogP contribution is 2.15. The number of benzene rings is 1. The van der Waals surface area contributed by atoms with Gasteiger partial charge < -0.3 is 15.4 Å². The Bertz CT molecular complexity index is 411. The molecule has 0 aliphatic carbocycles. The average Bonchev–Trinajstić information content (AvgIpc) is 2.33. The number of alkyl halides is 2. The van der Waals surface area contributed by atoms with E-state index in [1.54, 1.807) is 6.07 Å². The van der Waals surface area contributed by atoms with E-state index in [2.05, 4.69) is 15.4 Å². The summed E-state index contributed by atoms with van der Waals surface area (Å²) in [6, 6.07) is 6.06. The molecule has 4 nitrogen and oxygen atoms in total. The van der Waals surface area contributed by atoms with Crippen molar-refractivity contribution in [3.05, 3.63) is 29.8 Å². The highest BCUT2D eigenvalue weighted by Gasteiger charge is 2.09. The van der Waals surface area contributed by atoms with Gasteiger partial charge in [0, 0.05) is 24.7 Å². The van der Waals surface area contributed by atoms with Crippen molar-refractivity contribution >= 4 is 5.91 Å². The summed E-state index contributed by atoms with van der Waals surface area (Å²) in [6.45, 7) is 2.24. The maximum Gasteiger partial charge on any atom is 0.387 e. The van der Waals surface area contributed by atoms with Crippen LogP contribution >= 0.6 is 0 Å². The van der Waals surface area contributed by atoms with Gasteiger partial charge in [0.05, 0.1) is 0 Å². The Morgan fingerprint density at radius 3 is 2.68 bits per heavy atom. The Kier molecular flexibility index (Phi) is 6.21. The predicted octanol–water partition coefficient (Wildman–Crippen LogP) is 2.02. The minimum atomic E-state index is -2.89.